The summed E-state index contributed by atoms with van der Waals surface area (Å²) in [6.07, 6.45) is 0.581. The van der Waals surface area contributed by atoms with Crippen LogP contribution in [0.4, 0.5) is 0 Å². The lowest BCUT2D eigenvalue weighted by atomic mass is 9.83. The van der Waals surface area contributed by atoms with Crippen LogP contribution in [0.25, 0.3) is 11.0 Å². The van der Waals surface area contributed by atoms with Crippen LogP contribution in [-0.2, 0) is 9.53 Å². The van der Waals surface area contributed by atoms with Gasteiger partial charge in [0.2, 0.25) is 0 Å². The van der Waals surface area contributed by atoms with Crippen molar-refractivity contribution < 1.29 is 19.1 Å². The summed E-state index contributed by atoms with van der Waals surface area (Å²) >= 11 is 1.25. The SMILES string of the molecule is CCC(Sc1nc2ccc3c(c2[nH]1)C(=O)c1ccccc1C3=O)C(=O)OC. The van der Waals surface area contributed by atoms with Crippen LogP contribution in [0.1, 0.15) is 45.2 Å². The third kappa shape index (κ3) is 2.75. The van der Waals surface area contributed by atoms with Crippen LogP contribution in [-0.4, -0.2) is 39.9 Å². The first-order chi connectivity index (χ1) is 13.0. The lowest BCUT2D eigenvalue weighted by molar-refractivity contribution is -0.140. The molecule has 0 saturated carbocycles. The summed E-state index contributed by atoms with van der Waals surface area (Å²) in [6.45, 7) is 1.89. The first-order valence-electron chi connectivity index (χ1n) is 8.50. The zero-order valence-corrected chi connectivity index (χ0v) is 15.6. The Hall–Kier alpha value is -2.93. The number of H-pyrrole nitrogens is 1. The first-order valence-corrected chi connectivity index (χ1v) is 9.38. The van der Waals surface area contributed by atoms with Gasteiger partial charge in [-0.25, -0.2) is 4.98 Å². The summed E-state index contributed by atoms with van der Waals surface area (Å²) in [6, 6.07) is 10.2. The van der Waals surface area contributed by atoms with Crippen molar-refractivity contribution in [2.45, 2.75) is 23.8 Å². The molecule has 2 aromatic carbocycles. The molecule has 1 atom stereocenters. The monoisotopic (exact) mass is 380 g/mol. The van der Waals surface area contributed by atoms with E-state index in [0.29, 0.717) is 44.9 Å². The van der Waals surface area contributed by atoms with Gasteiger partial charge in [0.25, 0.3) is 0 Å². The molecule has 0 fully saturated rings. The number of imidazole rings is 1. The average Bonchev–Trinajstić information content (AvgIpc) is 3.11. The Kier molecular flexibility index (Phi) is 4.31. The number of nitrogens with one attached hydrogen (secondary N) is 1. The number of nitrogens with zero attached hydrogens (tertiary/aromatic N) is 1. The molecule has 7 heteroatoms. The van der Waals surface area contributed by atoms with Gasteiger partial charge in [-0.2, -0.15) is 0 Å². The Morgan fingerprint density at radius 3 is 2.48 bits per heavy atom. The van der Waals surface area contributed by atoms with Crippen molar-refractivity contribution in [1.82, 2.24) is 9.97 Å². The van der Waals surface area contributed by atoms with Gasteiger partial charge in [0, 0.05) is 16.7 Å². The van der Waals surface area contributed by atoms with E-state index in [4.69, 9.17) is 4.74 Å². The molecule has 1 aromatic heterocycles. The van der Waals surface area contributed by atoms with Crippen LogP contribution < -0.4 is 0 Å². The van der Waals surface area contributed by atoms with Crippen molar-refractivity contribution in [1.29, 1.82) is 0 Å². The molecule has 3 aromatic rings. The maximum atomic E-state index is 13.0. The predicted molar refractivity (Wildman–Crippen MR) is 101 cm³/mol. The number of benzene rings is 2. The van der Waals surface area contributed by atoms with Crippen LogP contribution in [0.15, 0.2) is 41.6 Å². The lowest BCUT2D eigenvalue weighted by Crippen LogP contribution is -2.21. The van der Waals surface area contributed by atoms with Crippen LogP contribution in [0.3, 0.4) is 0 Å². The zero-order chi connectivity index (χ0) is 19.1. The molecule has 6 nitrogen and oxygen atoms in total. The third-order valence-corrected chi connectivity index (χ3v) is 5.84. The van der Waals surface area contributed by atoms with Crippen LogP contribution >= 0.6 is 11.8 Å². The van der Waals surface area contributed by atoms with E-state index in [1.807, 2.05) is 6.92 Å². The van der Waals surface area contributed by atoms with Crippen molar-refractivity contribution in [3.05, 3.63) is 58.7 Å². The Labute approximate surface area is 159 Å². The Morgan fingerprint density at radius 1 is 1.11 bits per heavy atom. The largest absolute Gasteiger partial charge is 0.468 e. The van der Waals surface area contributed by atoms with E-state index >= 15 is 0 Å². The summed E-state index contributed by atoms with van der Waals surface area (Å²) in [5.41, 5.74) is 2.61. The molecular weight excluding hydrogens is 364 g/mol. The highest BCUT2D eigenvalue weighted by Crippen LogP contribution is 2.33. The minimum absolute atomic E-state index is 0.174. The molecule has 0 saturated heterocycles. The molecule has 4 rings (SSSR count). The highest BCUT2D eigenvalue weighted by molar-refractivity contribution is 8.00. The summed E-state index contributed by atoms with van der Waals surface area (Å²) < 4.78 is 4.81. The van der Waals surface area contributed by atoms with Gasteiger partial charge in [-0.05, 0) is 18.6 Å². The summed E-state index contributed by atoms with van der Waals surface area (Å²) in [5.74, 6) is -0.705. The molecule has 1 unspecified atom stereocenters. The number of thioether (sulfide) groups is 1. The fraction of sp³-hybridized carbons (Fsp3) is 0.200. The highest BCUT2D eigenvalue weighted by Gasteiger charge is 2.32. The average molecular weight is 380 g/mol. The minimum Gasteiger partial charge on any atom is -0.468 e. The van der Waals surface area contributed by atoms with Gasteiger partial charge in [-0.15, -0.1) is 0 Å². The Bertz CT molecular complexity index is 1100. The molecule has 27 heavy (non-hydrogen) atoms. The van der Waals surface area contributed by atoms with Gasteiger partial charge in [0.1, 0.15) is 5.25 Å². The quantitative estimate of drug-likeness (QED) is 0.431. The number of hydrogen-bond acceptors (Lipinski definition) is 6. The standard InChI is InChI=1S/C20H16N2O4S/c1-3-14(19(25)26-2)27-20-21-13-9-8-12-15(16(13)22-20)18(24)11-7-5-4-6-10(11)17(12)23/h4-9,14H,3H2,1-2H3,(H,21,22). The highest BCUT2D eigenvalue weighted by atomic mass is 32.2. The number of aromatic amines is 1. The van der Waals surface area contributed by atoms with Crippen molar-refractivity contribution in [3.8, 4) is 0 Å². The van der Waals surface area contributed by atoms with Crippen molar-refractivity contribution in [2.75, 3.05) is 7.11 Å². The van der Waals surface area contributed by atoms with E-state index in [0.717, 1.165) is 0 Å². The number of esters is 1. The van der Waals surface area contributed by atoms with Gasteiger partial charge in [-0.1, -0.05) is 43.0 Å². The maximum Gasteiger partial charge on any atom is 0.319 e. The van der Waals surface area contributed by atoms with E-state index in [1.54, 1.807) is 36.4 Å². The summed E-state index contributed by atoms with van der Waals surface area (Å²) in [7, 11) is 1.35. The van der Waals surface area contributed by atoms with Crippen molar-refractivity contribution in [3.63, 3.8) is 0 Å². The molecular formula is C20H16N2O4S. The Morgan fingerprint density at radius 2 is 1.81 bits per heavy atom. The number of rotatable bonds is 4. The number of ketones is 2. The van der Waals surface area contributed by atoms with Crippen LogP contribution in [0.2, 0.25) is 0 Å². The number of methoxy groups -OCH3 is 1. The normalized spacial score (nSPS) is 14.0. The number of aromatic nitrogens is 2. The molecule has 1 N–H and O–H groups in total. The number of ether oxygens (including phenoxy) is 1. The Balaban J connectivity index is 1.82. The molecule has 136 valence electrons. The second-order valence-electron chi connectivity index (χ2n) is 6.17. The summed E-state index contributed by atoms with van der Waals surface area (Å²) in [4.78, 5) is 45.3. The van der Waals surface area contributed by atoms with Gasteiger partial charge < -0.3 is 9.72 Å². The number of carbonyl (C=O) groups excluding carboxylic acids is 3. The fourth-order valence-corrected chi connectivity index (χ4v) is 4.20. The third-order valence-electron chi connectivity index (χ3n) is 4.61. The molecule has 1 aliphatic rings. The van der Waals surface area contributed by atoms with Gasteiger partial charge in [-0.3, -0.25) is 14.4 Å². The lowest BCUT2D eigenvalue weighted by Gasteiger charge is -2.17. The van der Waals surface area contributed by atoms with Crippen molar-refractivity contribution in [2.24, 2.45) is 0 Å². The van der Waals surface area contributed by atoms with E-state index < -0.39 is 5.25 Å². The smallest absolute Gasteiger partial charge is 0.319 e. The zero-order valence-electron chi connectivity index (χ0n) is 14.7. The molecule has 1 heterocycles. The van der Waals surface area contributed by atoms with Crippen molar-refractivity contribution >= 4 is 40.3 Å². The van der Waals surface area contributed by atoms with E-state index in [-0.39, 0.29) is 17.5 Å². The van der Waals surface area contributed by atoms with E-state index in [1.165, 1.54) is 18.9 Å². The second-order valence-corrected chi connectivity index (χ2v) is 7.36. The number of hydrogen-bond donors (Lipinski definition) is 1. The molecule has 0 aliphatic heterocycles. The molecule has 0 bridgehead atoms. The molecule has 0 spiro atoms. The fourth-order valence-electron chi connectivity index (χ4n) is 3.26. The number of carbonyl (C=O) groups is 3. The van der Waals surface area contributed by atoms with Crippen LogP contribution in [0, 0.1) is 0 Å². The second kappa shape index (κ2) is 6.66. The number of fused-ring (bicyclic) bond motifs is 4. The molecule has 0 amide bonds. The van der Waals surface area contributed by atoms with E-state index in [9.17, 15) is 14.4 Å². The predicted octanol–water partition coefficient (Wildman–Crippen LogP) is 3.38. The van der Waals surface area contributed by atoms with Gasteiger partial charge in [0.05, 0.1) is 23.7 Å². The molecule has 1 aliphatic carbocycles. The van der Waals surface area contributed by atoms with E-state index in [2.05, 4.69) is 9.97 Å². The first kappa shape index (κ1) is 17.5. The maximum absolute atomic E-state index is 13.0. The topological polar surface area (TPSA) is 89.1 Å². The van der Waals surface area contributed by atoms with Crippen LogP contribution in [0.5, 0.6) is 0 Å². The molecule has 0 radical (unpaired) electrons. The summed E-state index contributed by atoms with van der Waals surface area (Å²) in [5, 5.41) is 0.110. The minimum atomic E-state index is -0.399. The van der Waals surface area contributed by atoms with Gasteiger partial charge >= 0.3 is 5.97 Å². The van der Waals surface area contributed by atoms with Gasteiger partial charge in [0.15, 0.2) is 16.7 Å².